The summed E-state index contributed by atoms with van der Waals surface area (Å²) in [6, 6.07) is 23.8. The van der Waals surface area contributed by atoms with Crippen molar-refractivity contribution in [3.05, 3.63) is 119 Å². The minimum Gasteiger partial charge on any atom is -0.508 e. The van der Waals surface area contributed by atoms with Crippen LogP contribution in [0.5, 0.6) is 11.5 Å². The highest BCUT2D eigenvalue weighted by Crippen LogP contribution is 2.62. The maximum atomic E-state index is 9.91. The Balaban J connectivity index is 1.93. The number of hydrogen-bond acceptors (Lipinski definition) is 2. The molecule has 0 saturated carbocycles. The molecule has 0 aliphatic heterocycles. The van der Waals surface area contributed by atoms with Crippen molar-refractivity contribution in [2.75, 3.05) is 0 Å². The molecular formula is C26H22O2. The third-order valence-corrected chi connectivity index (χ3v) is 6.45. The average molecular weight is 366 g/mol. The first-order chi connectivity index (χ1) is 13.6. The Bertz CT molecular complexity index is 1060. The van der Waals surface area contributed by atoms with Gasteiger partial charge in [-0.25, -0.2) is 0 Å². The minimum atomic E-state index is -0.461. The van der Waals surface area contributed by atoms with Crippen molar-refractivity contribution in [1.29, 1.82) is 0 Å². The number of aromatic hydroxyl groups is 2. The number of fused-ring (bicyclic) bond motifs is 3. The Morgan fingerprint density at radius 1 is 0.714 bits per heavy atom. The molecule has 3 aromatic carbocycles. The van der Waals surface area contributed by atoms with Crippen molar-refractivity contribution < 1.29 is 10.2 Å². The van der Waals surface area contributed by atoms with Crippen molar-refractivity contribution in [1.82, 2.24) is 0 Å². The van der Waals surface area contributed by atoms with Crippen LogP contribution in [-0.4, -0.2) is 10.2 Å². The molecule has 138 valence electrons. The molecule has 0 saturated heterocycles. The normalized spacial score (nSPS) is 21.7. The summed E-state index contributed by atoms with van der Waals surface area (Å²) in [5.41, 5.74) is 5.62. The monoisotopic (exact) mass is 366 g/mol. The molecule has 0 fully saturated rings. The molecule has 0 heterocycles. The van der Waals surface area contributed by atoms with Crippen LogP contribution in [0, 0.1) is 0 Å². The Kier molecular flexibility index (Phi) is 3.54. The average Bonchev–Trinajstić information content (AvgIpc) is 2.96. The van der Waals surface area contributed by atoms with E-state index in [-0.39, 0.29) is 16.9 Å². The Morgan fingerprint density at radius 2 is 1.25 bits per heavy atom. The molecule has 2 N–H and O–H groups in total. The molecule has 28 heavy (non-hydrogen) atoms. The second-order valence-electron chi connectivity index (χ2n) is 7.93. The van der Waals surface area contributed by atoms with Crippen molar-refractivity contribution in [2.24, 2.45) is 0 Å². The van der Waals surface area contributed by atoms with E-state index in [9.17, 15) is 10.2 Å². The van der Waals surface area contributed by atoms with Crippen LogP contribution in [0.15, 0.2) is 96.6 Å². The van der Waals surface area contributed by atoms with Gasteiger partial charge in [-0.3, -0.25) is 0 Å². The van der Waals surface area contributed by atoms with Crippen LogP contribution in [0.4, 0.5) is 0 Å². The fraction of sp³-hybridized carbons (Fsp3) is 0.154. The topological polar surface area (TPSA) is 40.5 Å². The van der Waals surface area contributed by atoms with E-state index in [0.29, 0.717) is 0 Å². The summed E-state index contributed by atoms with van der Waals surface area (Å²) in [5.74, 6) is 0.521. The van der Waals surface area contributed by atoms with Crippen LogP contribution < -0.4 is 0 Å². The first kappa shape index (κ1) is 16.9. The summed E-state index contributed by atoms with van der Waals surface area (Å²) in [6.07, 6.45) is 7.60. The zero-order valence-electron chi connectivity index (χ0n) is 15.8. The first-order valence-electron chi connectivity index (χ1n) is 9.63. The molecule has 0 spiro atoms. The summed E-state index contributed by atoms with van der Waals surface area (Å²) in [4.78, 5) is 0. The van der Waals surface area contributed by atoms with Gasteiger partial charge in [0.25, 0.3) is 0 Å². The molecule has 0 radical (unpaired) electrons. The number of phenols is 2. The molecule has 0 bridgehead atoms. The van der Waals surface area contributed by atoms with Crippen molar-refractivity contribution in [3.8, 4) is 11.5 Å². The van der Waals surface area contributed by atoms with E-state index >= 15 is 0 Å². The van der Waals surface area contributed by atoms with Gasteiger partial charge in [0.05, 0.1) is 5.41 Å². The molecule has 0 aromatic heterocycles. The maximum Gasteiger partial charge on any atom is 0.115 e. The number of rotatable bonds is 2. The molecule has 3 aromatic rings. The van der Waals surface area contributed by atoms with Crippen LogP contribution in [0.1, 0.15) is 35.6 Å². The smallest absolute Gasteiger partial charge is 0.115 e. The number of hydrogen-bond donors (Lipinski definition) is 2. The molecule has 1 atom stereocenters. The van der Waals surface area contributed by atoms with Crippen LogP contribution in [-0.2, 0) is 10.8 Å². The lowest BCUT2D eigenvalue weighted by Crippen LogP contribution is -2.34. The Labute approximate surface area is 165 Å². The second kappa shape index (κ2) is 5.87. The lowest BCUT2D eigenvalue weighted by molar-refractivity contribution is 0.474. The summed E-state index contributed by atoms with van der Waals surface area (Å²) in [5, 5.41) is 19.8. The lowest BCUT2D eigenvalue weighted by Gasteiger charge is -2.39. The van der Waals surface area contributed by atoms with E-state index < -0.39 is 5.41 Å². The zero-order valence-corrected chi connectivity index (χ0v) is 15.8. The summed E-state index contributed by atoms with van der Waals surface area (Å²) in [7, 11) is 0. The van der Waals surface area contributed by atoms with Gasteiger partial charge in [0.2, 0.25) is 0 Å². The third kappa shape index (κ3) is 2.09. The van der Waals surface area contributed by atoms with Gasteiger partial charge in [-0.2, -0.15) is 0 Å². The highest BCUT2D eigenvalue weighted by atomic mass is 16.3. The van der Waals surface area contributed by atoms with E-state index in [2.05, 4.69) is 49.4 Å². The molecule has 2 heteroatoms. The van der Waals surface area contributed by atoms with Gasteiger partial charge in [-0.15, -0.1) is 0 Å². The van der Waals surface area contributed by atoms with Crippen molar-refractivity contribution in [3.63, 3.8) is 0 Å². The SMILES string of the molecule is CC12CC=CC=C1C(c1ccc(O)cc1)(c1ccc(O)cc1)c1ccccc12. The summed E-state index contributed by atoms with van der Waals surface area (Å²) >= 11 is 0. The van der Waals surface area contributed by atoms with Gasteiger partial charge in [0.1, 0.15) is 11.5 Å². The summed E-state index contributed by atoms with van der Waals surface area (Å²) in [6.45, 7) is 2.32. The van der Waals surface area contributed by atoms with Gasteiger partial charge < -0.3 is 10.2 Å². The van der Waals surface area contributed by atoms with Crippen LogP contribution in [0.2, 0.25) is 0 Å². The van der Waals surface area contributed by atoms with Crippen LogP contribution in [0.25, 0.3) is 0 Å². The van der Waals surface area contributed by atoms with Gasteiger partial charge in [0, 0.05) is 5.41 Å². The third-order valence-electron chi connectivity index (χ3n) is 6.45. The molecule has 2 aliphatic rings. The molecule has 0 amide bonds. The van der Waals surface area contributed by atoms with E-state index in [0.717, 1.165) is 17.5 Å². The molecular weight excluding hydrogens is 344 g/mol. The van der Waals surface area contributed by atoms with E-state index in [4.69, 9.17) is 0 Å². The van der Waals surface area contributed by atoms with E-state index in [1.54, 1.807) is 24.3 Å². The van der Waals surface area contributed by atoms with Gasteiger partial charge in [-0.1, -0.05) is 73.7 Å². The molecule has 5 rings (SSSR count). The zero-order chi connectivity index (χ0) is 19.4. The van der Waals surface area contributed by atoms with Gasteiger partial charge in [0.15, 0.2) is 0 Å². The number of allylic oxidation sites excluding steroid dienone is 4. The minimum absolute atomic E-state index is 0.0961. The molecule has 2 nitrogen and oxygen atoms in total. The number of benzene rings is 3. The quantitative estimate of drug-likeness (QED) is 0.621. The predicted octanol–water partition coefficient (Wildman–Crippen LogP) is 5.59. The first-order valence-corrected chi connectivity index (χ1v) is 9.63. The predicted molar refractivity (Wildman–Crippen MR) is 112 cm³/mol. The maximum absolute atomic E-state index is 9.91. The highest BCUT2D eigenvalue weighted by molar-refractivity contribution is 5.72. The summed E-state index contributed by atoms with van der Waals surface area (Å²) < 4.78 is 0. The van der Waals surface area contributed by atoms with E-state index in [1.165, 1.54) is 16.7 Å². The van der Waals surface area contributed by atoms with E-state index in [1.807, 2.05) is 24.3 Å². The van der Waals surface area contributed by atoms with Gasteiger partial charge in [-0.05, 0) is 58.5 Å². The van der Waals surface area contributed by atoms with Gasteiger partial charge >= 0.3 is 0 Å². The van der Waals surface area contributed by atoms with Crippen LogP contribution in [0.3, 0.4) is 0 Å². The van der Waals surface area contributed by atoms with Crippen molar-refractivity contribution in [2.45, 2.75) is 24.2 Å². The standard InChI is InChI=1S/C26H22O2/c1-25-17-5-4-8-24(25)26(18-9-13-20(27)14-10-18,19-11-15-21(28)16-12-19)23-7-3-2-6-22(23)25/h2-16,27-28H,17H2,1H3. The Hall–Kier alpha value is -3.26. The Morgan fingerprint density at radius 3 is 1.82 bits per heavy atom. The van der Waals surface area contributed by atoms with Crippen molar-refractivity contribution >= 4 is 0 Å². The number of phenolic OH excluding ortho intramolecular Hbond substituents is 2. The fourth-order valence-corrected chi connectivity index (χ4v) is 5.20. The molecule has 2 aliphatic carbocycles. The lowest BCUT2D eigenvalue weighted by atomic mass is 9.63. The highest BCUT2D eigenvalue weighted by Gasteiger charge is 2.55. The van der Waals surface area contributed by atoms with Crippen LogP contribution >= 0.6 is 0 Å². The fourth-order valence-electron chi connectivity index (χ4n) is 5.20. The molecule has 1 unspecified atom stereocenters. The second-order valence-corrected chi connectivity index (χ2v) is 7.93. The largest absolute Gasteiger partial charge is 0.508 e.